The van der Waals surface area contributed by atoms with Crippen molar-refractivity contribution in [2.24, 2.45) is 0 Å². The molecule has 78 valence electrons. The topological polar surface area (TPSA) is 32.7 Å². The second-order valence-electron chi connectivity index (χ2n) is 3.33. The monoisotopic (exact) mass is 195 g/mol. The number of aliphatic hydroxyl groups excluding tert-OH is 1. The van der Waals surface area contributed by atoms with E-state index in [1.165, 1.54) is 4.90 Å². The van der Waals surface area contributed by atoms with Gasteiger partial charge in [0.15, 0.2) is 0 Å². The minimum atomic E-state index is -2.36. The molecule has 1 fully saturated rings. The maximum atomic E-state index is 12.0. The van der Waals surface area contributed by atoms with Gasteiger partial charge in [0.2, 0.25) is 0 Å². The molecule has 2 atom stereocenters. The Morgan fingerprint density at radius 1 is 1.62 bits per heavy atom. The largest absolute Gasteiger partial charge is 0.391 e. The molecule has 2 unspecified atom stereocenters. The van der Waals surface area contributed by atoms with Crippen LogP contribution in [0.2, 0.25) is 0 Å². The number of rotatable bonds is 3. The lowest BCUT2D eigenvalue weighted by atomic mass is 10.1. The van der Waals surface area contributed by atoms with E-state index in [-0.39, 0.29) is 12.6 Å². The number of alkyl halides is 2. The molecule has 5 heteroatoms. The van der Waals surface area contributed by atoms with Crippen LogP contribution in [-0.2, 0) is 4.74 Å². The normalized spacial score (nSPS) is 30.0. The SMILES string of the molecule is CN(CC(F)F)C1COCCC1O. The minimum absolute atomic E-state index is 0.289. The molecule has 0 spiro atoms. The van der Waals surface area contributed by atoms with Gasteiger partial charge in [0, 0.05) is 6.61 Å². The number of nitrogens with zero attached hydrogens (tertiary/aromatic N) is 1. The number of halogens is 2. The highest BCUT2D eigenvalue weighted by Gasteiger charge is 2.28. The second-order valence-corrected chi connectivity index (χ2v) is 3.33. The summed E-state index contributed by atoms with van der Waals surface area (Å²) in [6, 6.07) is -0.289. The van der Waals surface area contributed by atoms with E-state index in [4.69, 9.17) is 4.74 Å². The van der Waals surface area contributed by atoms with Gasteiger partial charge in [0.05, 0.1) is 25.3 Å². The molecular weight excluding hydrogens is 180 g/mol. The predicted octanol–water partition coefficient (Wildman–Crippen LogP) is 0.333. The van der Waals surface area contributed by atoms with Crippen LogP contribution in [0, 0.1) is 0 Å². The summed E-state index contributed by atoms with van der Waals surface area (Å²) in [6.07, 6.45) is -2.38. The third kappa shape index (κ3) is 3.17. The molecule has 1 heterocycles. The highest BCUT2D eigenvalue weighted by molar-refractivity contribution is 4.80. The van der Waals surface area contributed by atoms with Gasteiger partial charge >= 0.3 is 0 Å². The highest BCUT2D eigenvalue weighted by atomic mass is 19.3. The summed E-state index contributed by atoms with van der Waals surface area (Å²) in [5, 5.41) is 9.49. The van der Waals surface area contributed by atoms with E-state index in [1.54, 1.807) is 7.05 Å². The fraction of sp³-hybridized carbons (Fsp3) is 1.00. The zero-order valence-corrected chi connectivity index (χ0v) is 7.62. The predicted molar refractivity (Wildman–Crippen MR) is 43.9 cm³/mol. The number of hydrogen-bond donors (Lipinski definition) is 1. The van der Waals surface area contributed by atoms with Crippen molar-refractivity contribution in [1.29, 1.82) is 0 Å². The Kier molecular flexibility index (Phi) is 4.02. The van der Waals surface area contributed by atoms with E-state index >= 15 is 0 Å². The summed E-state index contributed by atoms with van der Waals surface area (Å²) in [5.41, 5.74) is 0. The zero-order chi connectivity index (χ0) is 9.84. The number of ether oxygens (including phenoxy) is 1. The molecule has 0 aromatic heterocycles. The first-order chi connectivity index (χ1) is 6.11. The van der Waals surface area contributed by atoms with Crippen molar-refractivity contribution in [2.45, 2.75) is 25.0 Å². The van der Waals surface area contributed by atoms with E-state index in [0.29, 0.717) is 19.6 Å². The molecule has 1 saturated heterocycles. The van der Waals surface area contributed by atoms with Gasteiger partial charge in [-0.25, -0.2) is 8.78 Å². The third-order valence-electron chi connectivity index (χ3n) is 2.28. The smallest absolute Gasteiger partial charge is 0.251 e. The van der Waals surface area contributed by atoms with Crippen LogP contribution in [0.5, 0.6) is 0 Å². The van der Waals surface area contributed by atoms with E-state index in [1.807, 2.05) is 0 Å². The lowest BCUT2D eigenvalue weighted by molar-refractivity contribution is -0.0647. The summed E-state index contributed by atoms with van der Waals surface area (Å²) < 4.78 is 29.1. The first-order valence-corrected chi connectivity index (χ1v) is 4.35. The summed E-state index contributed by atoms with van der Waals surface area (Å²) in [5.74, 6) is 0. The standard InChI is InChI=1S/C8H15F2NO2/c1-11(4-8(9)10)6-5-13-3-2-7(6)12/h6-8,12H,2-5H2,1H3. The highest BCUT2D eigenvalue weighted by Crippen LogP contribution is 2.13. The van der Waals surface area contributed by atoms with Crippen LogP contribution in [0.1, 0.15) is 6.42 Å². The van der Waals surface area contributed by atoms with Crippen molar-refractivity contribution in [2.75, 3.05) is 26.8 Å². The summed E-state index contributed by atoms with van der Waals surface area (Å²) in [6.45, 7) is 0.537. The van der Waals surface area contributed by atoms with Crippen LogP contribution in [0.4, 0.5) is 8.78 Å². The summed E-state index contributed by atoms with van der Waals surface area (Å²) in [4.78, 5) is 1.45. The molecule has 3 nitrogen and oxygen atoms in total. The fourth-order valence-corrected chi connectivity index (χ4v) is 1.49. The lowest BCUT2D eigenvalue weighted by Crippen LogP contribution is -2.49. The Morgan fingerprint density at radius 3 is 2.85 bits per heavy atom. The van der Waals surface area contributed by atoms with Crippen LogP contribution >= 0.6 is 0 Å². The first kappa shape index (κ1) is 10.8. The van der Waals surface area contributed by atoms with Crippen LogP contribution in [0.3, 0.4) is 0 Å². The van der Waals surface area contributed by atoms with Crippen LogP contribution in [-0.4, -0.2) is 55.4 Å². The molecule has 0 aromatic carbocycles. The van der Waals surface area contributed by atoms with E-state index < -0.39 is 12.5 Å². The second kappa shape index (κ2) is 4.83. The molecule has 0 aromatic rings. The van der Waals surface area contributed by atoms with Crippen LogP contribution in [0.25, 0.3) is 0 Å². The van der Waals surface area contributed by atoms with Gasteiger partial charge in [0.25, 0.3) is 6.43 Å². The number of aliphatic hydroxyl groups is 1. The molecule has 0 saturated carbocycles. The Bertz CT molecular complexity index is 157. The van der Waals surface area contributed by atoms with E-state index in [9.17, 15) is 13.9 Å². The molecule has 0 bridgehead atoms. The maximum Gasteiger partial charge on any atom is 0.251 e. The van der Waals surface area contributed by atoms with E-state index in [2.05, 4.69) is 0 Å². The van der Waals surface area contributed by atoms with Gasteiger partial charge in [-0.1, -0.05) is 0 Å². The number of hydrogen-bond acceptors (Lipinski definition) is 3. The Morgan fingerprint density at radius 2 is 2.31 bits per heavy atom. The number of likely N-dealkylation sites (N-methyl/N-ethyl adjacent to an activating group) is 1. The van der Waals surface area contributed by atoms with Crippen LogP contribution < -0.4 is 0 Å². The van der Waals surface area contributed by atoms with Crippen molar-refractivity contribution < 1.29 is 18.6 Å². The zero-order valence-electron chi connectivity index (χ0n) is 7.62. The summed E-state index contributed by atoms with van der Waals surface area (Å²) >= 11 is 0. The average Bonchev–Trinajstić information content (AvgIpc) is 2.03. The third-order valence-corrected chi connectivity index (χ3v) is 2.28. The Hall–Kier alpha value is -0.260. The van der Waals surface area contributed by atoms with E-state index in [0.717, 1.165) is 0 Å². The van der Waals surface area contributed by atoms with Crippen molar-refractivity contribution in [1.82, 2.24) is 4.90 Å². The molecular formula is C8H15F2NO2. The van der Waals surface area contributed by atoms with Crippen molar-refractivity contribution >= 4 is 0 Å². The van der Waals surface area contributed by atoms with Gasteiger partial charge in [-0.15, -0.1) is 0 Å². The van der Waals surface area contributed by atoms with Gasteiger partial charge in [-0.2, -0.15) is 0 Å². The quantitative estimate of drug-likeness (QED) is 0.704. The van der Waals surface area contributed by atoms with Gasteiger partial charge in [-0.05, 0) is 13.5 Å². The van der Waals surface area contributed by atoms with Crippen molar-refractivity contribution in [3.05, 3.63) is 0 Å². The van der Waals surface area contributed by atoms with Crippen LogP contribution in [0.15, 0.2) is 0 Å². The molecule has 0 amide bonds. The lowest BCUT2D eigenvalue weighted by Gasteiger charge is -2.34. The summed E-state index contributed by atoms with van der Waals surface area (Å²) in [7, 11) is 1.58. The fourth-order valence-electron chi connectivity index (χ4n) is 1.49. The van der Waals surface area contributed by atoms with Gasteiger partial charge in [0.1, 0.15) is 0 Å². The van der Waals surface area contributed by atoms with Gasteiger partial charge in [-0.3, -0.25) is 4.90 Å². The maximum absolute atomic E-state index is 12.0. The molecule has 1 aliphatic heterocycles. The molecule has 0 radical (unpaired) electrons. The molecule has 1 rings (SSSR count). The molecule has 13 heavy (non-hydrogen) atoms. The first-order valence-electron chi connectivity index (χ1n) is 4.35. The Labute approximate surface area is 76.3 Å². The molecule has 1 aliphatic rings. The van der Waals surface area contributed by atoms with Gasteiger partial charge < -0.3 is 9.84 Å². The van der Waals surface area contributed by atoms with Crippen molar-refractivity contribution in [3.8, 4) is 0 Å². The Balaban J connectivity index is 2.39. The molecule has 1 N–H and O–H groups in total. The molecule has 0 aliphatic carbocycles. The minimum Gasteiger partial charge on any atom is -0.391 e. The van der Waals surface area contributed by atoms with Crippen molar-refractivity contribution in [3.63, 3.8) is 0 Å². The average molecular weight is 195 g/mol.